The number of rotatable bonds is 4. The summed E-state index contributed by atoms with van der Waals surface area (Å²) >= 11 is 0. The zero-order chi connectivity index (χ0) is 11.4. The van der Waals surface area contributed by atoms with Gasteiger partial charge in [-0.15, -0.1) is 0 Å². The fraction of sp³-hybridized carbons (Fsp3) is 1.00. The second-order valence-electron chi connectivity index (χ2n) is 5.60. The van der Waals surface area contributed by atoms with Crippen LogP contribution in [0, 0.1) is 5.92 Å². The largest absolute Gasteiger partial charge is 0.330 e. The van der Waals surface area contributed by atoms with Gasteiger partial charge in [0.05, 0.1) is 0 Å². The highest BCUT2D eigenvalue weighted by Gasteiger charge is 2.24. The van der Waals surface area contributed by atoms with Gasteiger partial charge in [0.25, 0.3) is 0 Å². The van der Waals surface area contributed by atoms with E-state index in [-0.39, 0.29) is 0 Å². The van der Waals surface area contributed by atoms with Crippen LogP contribution in [0.25, 0.3) is 0 Å². The van der Waals surface area contributed by atoms with Gasteiger partial charge in [0.1, 0.15) is 0 Å². The Morgan fingerprint density at radius 2 is 1.94 bits per heavy atom. The van der Waals surface area contributed by atoms with Gasteiger partial charge in [0.2, 0.25) is 0 Å². The molecule has 0 bridgehead atoms. The summed E-state index contributed by atoms with van der Waals surface area (Å²) < 4.78 is 0. The lowest BCUT2D eigenvalue weighted by Gasteiger charge is -2.34. The molecule has 2 heterocycles. The van der Waals surface area contributed by atoms with Gasteiger partial charge in [-0.1, -0.05) is 6.42 Å². The smallest absolute Gasteiger partial charge is 0.0194 e. The molecular weight excluding hydrogens is 198 g/mol. The van der Waals surface area contributed by atoms with Gasteiger partial charge in [-0.2, -0.15) is 0 Å². The maximum absolute atomic E-state index is 5.73. The molecule has 2 atom stereocenters. The normalized spacial score (nSPS) is 30.8. The third-order valence-corrected chi connectivity index (χ3v) is 4.24. The van der Waals surface area contributed by atoms with Crippen molar-refractivity contribution in [2.45, 2.75) is 38.6 Å². The summed E-state index contributed by atoms with van der Waals surface area (Å²) in [4.78, 5) is 5.27. The summed E-state index contributed by atoms with van der Waals surface area (Å²) in [7, 11) is 0. The molecule has 0 radical (unpaired) electrons. The molecule has 2 aliphatic rings. The highest BCUT2D eigenvalue weighted by Crippen LogP contribution is 2.18. The van der Waals surface area contributed by atoms with Crippen LogP contribution in [-0.2, 0) is 0 Å². The van der Waals surface area contributed by atoms with E-state index in [0.29, 0.717) is 0 Å². The van der Waals surface area contributed by atoms with Crippen molar-refractivity contribution in [3.63, 3.8) is 0 Å². The van der Waals surface area contributed by atoms with E-state index in [1.807, 2.05) is 0 Å². The van der Waals surface area contributed by atoms with E-state index in [2.05, 4.69) is 16.7 Å². The Bertz CT molecular complexity index is 201. The van der Waals surface area contributed by atoms with Crippen molar-refractivity contribution in [1.29, 1.82) is 0 Å². The van der Waals surface area contributed by atoms with Crippen molar-refractivity contribution >= 4 is 0 Å². The molecular formula is C13H27N3. The van der Waals surface area contributed by atoms with Gasteiger partial charge in [0.15, 0.2) is 0 Å². The Hall–Kier alpha value is -0.120. The molecule has 3 nitrogen and oxygen atoms in total. The van der Waals surface area contributed by atoms with Crippen molar-refractivity contribution < 1.29 is 0 Å². The Morgan fingerprint density at radius 3 is 2.56 bits per heavy atom. The molecule has 0 aliphatic carbocycles. The second-order valence-corrected chi connectivity index (χ2v) is 5.60. The van der Waals surface area contributed by atoms with Crippen LogP contribution >= 0.6 is 0 Å². The van der Waals surface area contributed by atoms with Crippen LogP contribution in [0.15, 0.2) is 0 Å². The van der Waals surface area contributed by atoms with Crippen LogP contribution in [-0.4, -0.2) is 55.1 Å². The Kier molecular flexibility index (Phi) is 4.62. The predicted octanol–water partition coefficient (Wildman–Crippen LogP) is 1.14. The molecule has 0 spiro atoms. The number of nitrogens with two attached hydrogens (primary N) is 1. The maximum atomic E-state index is 5.73. The van der Waals surface area contributed by atoms with Crippen molar-refractivity contribution in [1.82, 2.24) is 9.80 Å². The first-order chi connectivity index (χ1) is 7.79. The summed E-state index contributed by atoms with van der Waals surface area (Å²) in [5.74, 6) is 0.758. The SMILES string of the molecule is CC(CN1CCC(CN)C1)N1CCCCC1. The monoisotopic (exact) mass is 225 g/mol. The van der Waals surface area contributed by atoms with Gasteiger partial charge in [-0.25, -0.2) is 0 Å². The van der Waals surface area contributed by atoms with Crippen LogP contribution < -0.4 is 5.73 Å². The molecule has 2 saturated heterocycles. The lowest BCUT2D eigenvalue weighted by Crippen LogP contribution is -2.44. The number of piperidine rings is 1. The van der Waals surface area contributed by atoms with Crippen LogP contribution in [0.5, 0.6) is 0 Å². The Labute approximate surface area is 100.0 Å². The van der Waals surface area contributed by atoms with Crippen molar-refractivity contribution in [3.05, 3.63) is 0 Å². The highest BCUT2D eigenvalue weighted by atomic mass is 15.2. The van der Waals surface area contributed by atoms with E-state index in [0.717, 1.165) is 18.5 Å². The number of nitrogens with zero attached hydrogens (tertiary/aromatic N) is 2. The standard InChI is InChI=1S/C13H27N3/c1-12(16-6-3-2-4-7-16)10-15-8-5-13(9-14)11-15/h12-13H,2-11,14H2,1H3. The molecule has 0 aromatic rings. The van der Waals surface area contributed by atoms with E-state index in [9.17, 15) is 0 Å². The quantitative estimate of drug-likeness (QED) is 0.779. The van der Waals surface area contributed by atoms with Crippen molar-refractivity contribution in [2.24, 2.45) is 11.7 Å². The average molecular weight is 225 g/mol. The summed E-state index contributed by atoms with van der Waals surface area (Å²) in [6.45, 7) is 9.63. The first kappa shape index (κ1) is 12.3. The molecule has 3 heteroatoms. The molecule has 2 aliphatic heterocycles. The fourth-order valence-corrected chi connectivity index (χ4v) is 3.12. The molecule has 0 aromatic carbocycles. The van der Waals surface area contributed by atoms with Gasteiger partial charge < -0.3 is 10.6 Å². The van der Waals surface area contributed by atoms with Crippen LogP contribution in [0.3, 0.4) is 0 Å². The van der Waals surface area contributed by atoms with E-state index in [4.69, 9.17) is 5.73 Å². The molecule has 94 valence electrons. The van der Waals surface area contributed by atoms with E-state index in [1.165, 1.54) is 58.4 Å². The molecule has 2 N–H and O–H groups in total. The molecule has 0 amide bonds. The van der Waals surface area contributed by atoms with Crippen molar-refractivity contribution in [2.75, 3.05) is 39.3 Å². The molecule has 2 fully saturated rings. The first-order valence-corrected chi connectivity index (χ1v) is 6.96. The van der Waals surface area contributed by atoms with Gasteiger partial charge in [-0.05, 0) is 58.3 Å². The van der Waals surface area contributed by atoms with Gasteiger partial charge in [-0.3, -0.25) is 4.90 Å². The van der Waals surface area contributed by atoms with Gasteiger partial charge >= 0.3 is 0 Å². The first-order valence-electron chi connectivity index (χ1n) is 6.96. The second kappa shape index (κ2) is 5.99. The predicted molar refractivity (Wildman–Crippen MR) is 68.5 cm³/mol. The third kappa shape index (κ3) is 3.19. The third-order valence-electron chi connectivity index (χ3n) is 4.24. The van der Waals surface area contributed by atoms with Crippen molar-refractivity contribution in [3.8, 4) is 0 Å². The number of hydrogen-bond acceptors (Lipinski definition) is 3. The van der Waals surface area contributed by atoms with Gasteiger partial charge in [0, 0.05) is 19.1 Å². The minimum atomic E-state index is 0.733. The zero-order valence-electron chi connectivity index (χ0n) is 10.7. The van der Waals surface area contributed by atoms with Crippen LogP contribution in [0.1, 0.15) is 32.6 Å². The number of hydrogen-bond donors (Lipinski definition) is 1. The van der Waals surface area contributed by atoms with Crippen LogP contribution in [0.2, 0.25) is 0 Å². The topological polar surface area (TPSA) is 32.5 Å². The maximum Gasteiger partial charge on any atom is 0.0194 e. The van der Waals surface area contributed by atoms with Crippen LogP contribution in [0.4, 0.5) is 0 Å². The molecule has 0 saturated carbocycles. The minimum absolute atomic E-state index is 0.733. The van der Waals surface area contributed by atoms with E-state index >= 15 is 0 Å². The van der Waals surface area contributed by atoms with E-state index in [1.54, 1.807) is 0 Å². The van der Waals surface area contributed by atoms with E-state index < -0.39 is 0 Å². The lowest BCUT2D eigenvalue weighted by molar-refractivity contribution is 0.137. The molecule has 0 aromatic heterocycles. The molecule has 16 heavy (non-hydrogen) atoms. The Balaban J connectivity index is 1.72. The summed E-state index contributed by atoms with van der Waals surface area (Å²) in [5.41, 5.74) is 5.73. The zero-order valence-corrected chi connectivity index (χ0v) is 10.7. The highest BCUT2D eigenvalue weighted by molar-refractivity contribution is 4.80. The molecule has 2 rings (SSSR count). The average Bonchev–Trinajstić information content (AvgIpc) is 2.78. The summed E-state index contributed by atoms with van der Waals surface area (Å²) in [6, 6.07) is 0.733. The fourth-order valence-electron chi connectivity index (χ4n) is 3.12. The Morgan fingerprint density at radius 1 is 1.19 bits per heavy atom. The lowest BCUT2D eigenvalue weighted by atomic mass is 10.1. The molecule has 2 unspecified atom stereocenters. The minimum Gasteiger partial charge on any atom is -0.330 e. The summed E-state index contributed by atoms with van der Waals surface area (Å²) in [6.07, 6.45) is 5.54. The summed E-state index contributed by atoms with van der Waals surface area (Å²) in [5, 5.41) is 0. The number of likely N-dealkylation sites (tertiary alicyclic amines) is 2.